The van der Waals surface area contributed by atoms with Gasteiger partial charge in [-0.2, -0.15) is 0 Å². The van der Waals surface area contributed by atoms with Gasteiger partial charge in [0.2, 0.25) is 11.8 Å². The molecule has 0 bridgehead atoms. The van der Waals surface area contributed by atoms with Crippen molar-refractivity contribution in [2.45, 2.75) is 38.9 Å². The van der Waals surface area contributed by atoms with Crippen molar-refractivity contribution in [1.82, 2.24) is 16.0 Å². The summed E-state index contributed by atoms with van der Waals surface area (Å²) < 4.78 is 0. The third-order valence-corrected chi connectivity index (χ3v) is 3.81. The molecule has 4 N–H and O–H groups in total. The van der Waals surface area contributed by atoms with Crippen LogP contribution in [-0.4, -0.2) is 56.8 Å². The number of hydrogen-bond donors (Lipinski definition) is 4. The number of non-ortho nitro benzene ring substituents is 2. The molecular weight excluding hydrogens is 406 g/mol. The number of amides is 3. The molecule has 0 spiro atoms. The first-order valence-corrected chi connectivity index (χ1v) is 8.41. The van der Waals surface area contributed by atoms with Crippen LogP contribution in [0.15, 0.2) is 18.2 Å². The summed E-state index contributed by atoms with van der Waals surface area (Å²) in [6.07, 6.45) is 0. The van der Waals surface area contributed by atoms with Gasteiger partial charge in [-0.15, -0.1) is 0 Å². The van der Waals surface area contributed by atoms with Gasteiger partial charge in [0.1, 0.15) is 18.1 Å². The number of carboxylic acid groups (broad SMARTS) is 1. The number of nitrogens with zero attached hydrogens (tertiary/aromatic N) is 2. The fourth-order valence-corrected chi connectivity index (χ4v) is 2.09. The van der Waals surface area contributed by atoms with Gasteiger partial charge >= 0.3 is 5.97 Å². The summed E-state index contributed by atoms with van der Waals surface area (Å²) in [6, 6.07) is -1.21. The molecule has 0 unspecified atom stereocenters. The molecule has 14 nitrogen and oxygen atoms in total. The highest BCUT2D eigenvalue weighted by Crippen LogP contribution is 2.22. The van der Waals surface area contributed by atoms with Crippen molar-refractivity contribution in [2.75, 3.05) is 0 Å². The summed E-state index contributed by atoms with van der Waals surface area (Å²) in [4.78, 5) is 67.0. The smallest absolute Gasteiger partial charge is 0.325 e. The van der Waals surface area contributed by atoms with Gasteiger partial charge in [0.05, 0.1) is 21.5 Å². The van der Waals surface area contributed by atoms with Crippen LogP contribution in [0, 0.1) is 20.2 Å². The summed E-state index contributed by atoms with van der Waals surface area (Å²) in [5.41, 5.74) is -1.76. The van der Waals surface area contributed by atoms with Crippen molar-refractivity contribution in [2.24, 2.45) is 0 Å². The average molecular weight is 425 g/mol. The topological polar surface area (TPSA) is 211 Å². The van der Waals surface area contributed by atoms with E-state index in [1.807, 2.05) is 0 Å². The van der Waals surface area contributed by atoms with E-state index in [0.29, 0.717) is 6.07 Å². The number of nitro groups is 2. The Bertz CT molecular complexity index is 869. The Morgan fingerprint density at radius 3 is 1.60 bits per heavy atom. The Hall–Kier alpha value is -4.10. The first-order chi connectivity index (χ1) is 13.8. The number of nitrogens with one attached hydrogen (secondary N) is 3. The summed E-state index contributed by atoms with van der Waals surface area (Å²) in [5, 5.41) is 37.2. The maximum absolute atomic E-state index is 12.3. The van der Waals surface area contributed by atoms with Crippen LogP contribution >= 0.6 is 0 Å². The number of benzene rings is 1. The van der Waals surface area contributed by atoms with Gasteiger partial charge in [-0.05, 0) is 20.8 Å². The van der Waals surface area contributed by atoms with E-state index in [9.17, 15) is 39.4 Å². The predicted molar refractivity (Wildman–Crippen MR) is 99.5 cm³/mol. The highest BCUT2D eigenvalue weighted by atomic mass is 16.6. The van der Waals surface area contributed by atoms with Crippen molar-refractivity contribution in [3.63, 3.8) is 0 Å². The Kier molecular flexibility index (Phi) is 7.90. The highest BCUT2D eigenvalue weighted by molar-refractivity contribution is 5.99. The molecule has 1 aromatic rings. The molecule has 0 aliphatic carbocycles. The van der Waals surface area contributed by atoms with Crippen LogP contribution in [0.1, 0.15) is 31.1 Å². The van der Waals surface area contributed by atoms with Crippen LogP contribution in [0.2, 0.25) is 0 Å². The molecule has 162 valence electrons. The summed E-state index contributed by atoms with van der Waals surface area (Å²) in [7, 11) is 0. The minimum atomic E-state index is -1.27. The molecule has 0 fully saturated rings. The van der Waals surface area contributed by atoms with E-state index in [0.717, 1.165) is 12.1 Å². The number of carbonyl (C=O) groups excluding carboxylic acids is 3. The molecule has 0 aliphatic heterocycles. The Morgan fingerprint density at radius 1 is 0.800 bits per heavy atom. The van der Waals surface area contributed by atoms with Gasteiger partial charge < -0.3 is 21.1 Å². The van der Waals surface area contributed by atoms with Crippen LogP contribution in [-0.2, 0) is 14.4 Å². The van der Waals surface area contributed by atoms with Gasteiger partial charge in [0.25, 0.3) is 17.3 Å². The van der Waals surface area contributed by atoms with Gasteiger partial charge in [-0.1, -0.05) is 0 Å². The standard InChI is InChI=1S/C16H19N5O9/c1-7(14(23)19-9(3)16(25)26)17-13(22)8(2)18-15(24)10-4-11(20(27)28)6-12(5-10)21(29)30/h4-9H,1-3H3,(H,17,22)(H,18,24)(H,19,23)(H,25,26)/t7-,8-,9-/m1/s1. The normalized spacial score (nSPS) is 13.3. The molecule has 1 rings (SSSR count). The van der Waals surface area contributed by atoms with E-state index in [4.69, 9.17) is 5.11 Å². The largest absolute Gasteiger partial charge is 0.480 e. The van der Waals surface area contributed by atoms with Crippen molar-refractivity contribution >= 4 is 35.1 Å². The maximum atomic E-state index is 12.3. The molecule has 0 saturated heterocycles. The molecule has 0 aliphatic rings. The van der Waals surface area contributed by atoms with E-state index in [-0.39, 0.29) is 0 Å². The van der Waals surface area contributed by atoms with Crippen molar-refractivity contribution in [3.8, 4) is 0 Å². The van der Waals surface area contributed by atoms with Crippen molar-refractivity contribution in [1.29, 1.82) is 0 Å². The molecular formula is C16H19N5O9. The number of nitro benzene ring substituents is 2. The molecule has 3 amide bonds. The van der Waals surface area contributed by atoms with Crippen LogP contribution in [0.5, 0.6) is 0 Å². The quantitative estimate of drug-likeness (QED) is 0.302. The second-order valence-electron chi connectivity index (χ2n) is 6.25. The first kappa shape index (κ1) is 23.9. The molecule has 0 radical (unpaired) electrons. The van der Waals surface area contributed by atoms with E-state index in [1.54, 1.807) is 0 Å². The zero-order valence-electron chi connectivity index (χ0n) is 16.1. The van der Waals surface area contributed by atoms with Crippen molar-refractivity contribution in [3.05, 3.63) is 44.0 Å². The Morgan fingerprint density at radius 2 is 1.20 bits per heavy atom. The minimum Gasteiger partial charge on any atom is -0.480 e. The summed E-state index contributed by atoms with van der Waals surface area (Å²) in [5.74, 6) is -3.84. The second kappa shape index (κ2) is 9.90. The molecule has 0 aromatic heterocycles. The van der Waals surface area contributed by atoms with Crippen molar-refractivity contribution < 1.29 is 34.1 Å². The Balaban J connectivity index is 2.83. The zero-order valence-corrected chi connectivity index (χ0v) is 16.1. The lowest BCUT2D eigenvalue weighted by atomic mass is 10.1. The third-order valence-electron chi connectivity index (χ3n) is 3.81. The van der Waals surface area contributed by atoms with Crippen LogP contribution in [0.3, 0.4) is 0 Å². The van der Waals surface area contributed by atoms with E-state index in [2.05, 4.69) is 16.0 Å². The number of aliphatic carboxylic acids is 1. The number of hydrogen-bond acceptors (Lipinski definition) is 8. The van der Waals surface area contributed by atoms with Crippen LogP contribution in [0.4, 0.5) is 11.4 Å². The zero-order chi connectivity index (χ0) is 23.2. The summed E-state index contributed by atoms with van der Waals surface area (Å²) in [6.45, 7) is 3.78. The van der Waals surface area contributed by atoms with Gasteiger partial charge in [-0.3, -0.25) is 39.4 Å². The fraction of sp³-hybridized carbons (Fsp3) is 0.375. The lowest BCUT2D eigenvalue weighted by Gasteiger charge is -2.19. The molecule has 0 saturated carbocycles. The second-order valence-corrected chi connectivity index (χ2v) is 6.25. The summed E-state index contributed by atoms with van der Waals surface area (Å²) >= 11 is 0. The molecule has 0 heterocycles. The maximum Gasteiger partial charge on any atom is 0.325 e. The highest BCUT2D eigenvalue weighted by Gasteiger charge is 2.25. The molecule has 3 atom stereocenters. The fourth-order valence-electron chi connectivity index (χ4n) is 2.09. The van der Waals surface area contributed by atoms with Gasteiger partial charge in [0.15, 0.2) is 0 Å². The molecule has 14 heteroatoms. The lowest BCUT2D eigenvalue weighted by Crippen LogP contribution is -2.53. The number of carboxylic acids is 1. The number of rotatable bonds is 9. The monoisotopic (exact) mass is 425 g/mol. The third kappa shape index (κ3) is 6.50. The lowest BCUT2D eigenvalue weighted by molar-refractivity contribution is -0.394. The number of carbonyl (C=O) groups is 4. The molecule has 30 heavy (non-hydrogen) atoms. The average Bonchev–Trinajstić information content (AvgIpc) is 2.66. The minimum absolute atomic E-state index is 0.406. The first-order valence-electron chi connectivity index (χ1n) is 8.41. The van der Waals surface area contributed by atoms with E-state index in [1.165, 1.54) is 20.8 Å². The Labute approximate surface area is 168 Å². The predicted octanol–water partition coefficient (Wildman–Crippen LogP) is -0.285. The van der Waals surface area contributed by atoms with Crippen LogP contribution in [0.25, 0.3) is 0 Å². The van der Waals surface area contributed by atoms with Gasteiger partial charge in [-0.25, -0.2) is 0 Å². The van der Waals surface area contributed by atoms with Crippen LogP contribution < -0.4 is 16.0 Å². The van der Waals surface area contributed by atoms with E-state index < -0.39 is 68.6 Å². The molecule has 1 aromatic carbocycles. The van der Waals surface area contributed by atoms with Gasteiger partial charge in [0, 0.05) is 12.1 Å². The van der Waals surface area contributed by atoms with E-state index >= 15 is 0 Å². The SMILES string of the molecule is C[C@@H](NC(=O)[C@@H](C)NC(=O)[C@@H](C)NC(=O)c1cc([N+](=O)[O-])cc([N+](=O)[O-])c1)C(=O)O.